The number of hydrogen-bond donors (Lipinski definition) is 3. The van der Waals surface area contributed by atoms with Gasteiger partial charge >= 0.3 is 6.18 Å². The van der Waals surface area contributed by atoms with Crippen LogP contribution in [0.5, 0.6) is 5.75 Å². The molecular formula is C19H23ClF3N3O2. The minimum absolute atomic E-state index is 0.0341. The minimum atomic E-state index is -4.64. The second kappa shape index (κ2) is 9.82. The van der Waals surface area contributed by atoms with Crippen molar-refractivity contribution in [1.82, 2.24) is 5.32 Å². The van der Waals surface area contributed by atoms with Gasteiger partial charge in [0.15, 0.2) is 0 Å². The van der Waals surface area contributed by atoms with Crippen LogP contribution in [0.1, 0.15) is 38.5 Å². The Morgan fingerprint density at radius 3 is 2.68 bits per heavy atom. The number of nitrogens with one attached hydrogen (secondary N) is 3. The van der Waals surface area contributed by atoms with E-state index < -0.39 is 11.9 Å². The number of alkyl halides is 3. The summed E-state index contributed by atoms with van der Waals surface area (Å²) in [5.41, 5.74) is -0.318. The van der Waals surface area contributed by atoms with Gasteiger partial charge in [0, 0.05) is 29.3 Å². The Morgan fingerprint density at radius 2 is 2.00 bits per heavy atom. The predicted molar refractivity (Wildman–Crippen MR) is 103 cm³/mol. The Morgan fingerprint density at radius 1 is 1.29 bits per heavy atom. The van der Waals surface area contributed by atoms with Crippen LogP contribution in [-0.4, -0.2) is 31.4 Å². The van der Waals surface area contributed by atoms with Gasteiger partial charge in [0.2, 0.25) is 5.91 Å². The summed E-state index contributed by atoms with van der Waals surface area (Å²) in [4.78, 5) is 12.1. The topological polar surface area (TPSA) is 74.2 Å². The van der Waals surface area contributed by atoms with Crippen molar-refractivity contribution in [3.63, 3.8) is 0 Å². The summed E-state index contributed by atoms with van der Waals surface area (Å²) >= 11 is 5.92. The number of methoxy groups -OCH3 is 1. The number of ether oxygens (including phenoxy) is 1. The Hall–Kier alpha value is -2.22. The molecule has 0 radical (unpaired) electrons. The van der Waals surface area contributed by atoms with Gasteiger partial charge in [0.05, 0.1) is 12.8 Å². The number of carbonyl (C=O) groups excluding carboxylic acids is 1. The standard InChI is InChI=1S/C19H23ClF3N3O2/c1-28-16-9-8-12(20)11-15(16)26-17(27)7-4-10-25-14-6-3-2-5-13(14)18(24)19(21,22)23/h8-9,11,24-25H,2-7,10H2,1H3,(H,26,27). The maximum absolute atomic E-state index is 12.8. The monoisotopic (exact) mass is 417 g/mol. The van der Waals surface area contributed by atoms with Gasteiger partial charge in [-0.3, -0.25) is 10.2 Å². The van der Waals surface area contributed by atoms with Crippen molar-refractivity contribution in [2.24, 2.45) is 0 Å². The molecule has 1 amide bonds. The molecule has 0 aliphatic heterocycles. The van der Waals surface area contributed by atoms with Crippen LogP contribution in [0, 0.1) is 5.41 Å². The van der Waals surface area contributed by atoms with Crippen molar-refractivity contribution < 1.29 is 22.7 Å². The van der Waals surface area contributed by atoms with Crippen LogP contribution in [0.15, 0.2) is 29.5 Å². The van der Waals surface area contributed by atoms with Gasteiger partial charge in [-0.05, 0) is 50.3 Å². The third-order valence-corrected chi connectivity index (χ3v) is 4.64. The van der Waals surface area contributed by atoms with Crippen molar-refractivity contribution in [3.05, 3.63) is 34.5 Å². The molecule has 0 bridgehead atoms. The predicted octanol–water partition coefficient (Wildman–Crippen LogP) is 5.07. The molecule has 5 nitrogen and oxygen atoms in total. The number of rotatable bonds is 8. The lowest BCUT2D eigenvalue weighted by Crippen LogP contribution is -2.30. The molecule has 1 aliphatic rings. The first kappa shape index (κ1) is 22.1. The number of amides is 1. The maximum Gasteiger partial charge on any atom is 0.432 e. The molecule has 0 saturated heterocycles. The third-order valence-electron chi connectivity index (χ3n) is 4.41. The first-order valence-electron chi connectivity index (χ1n) is 8.97. The first-order chi connectivity index (χ1) is 13.2. The highest BCUT2D eigenvalue weighted by Crippen LogP contribution is 2.30. The largest absolute Gasteiger partial charge is 0.495 e. The first-order valence-corrected chi connectivity index (χ1v) is 9.35. The summed E-state index contributed by atoms with van der Waals surface area (Å²) in [6.07, 6.45) is -1.87. The zero-order valence-electron chi connectivity index (χ0n) is 15.5. The highest BCUT2D eigenvalue weighted by molar-refractivity contribution is 6.31. The number of halogens is 4. The van der Waals surface area contributed by atoms with E-state index >= 15 is 0 Å². The summed E-state index contributed by atoms with van der Waals surface area (Å²) in [7, 11) is 1.48. The molecule has 0 fully saturated rings. The van der Waals surface area contributed by atoms with Crippen LogP contribution in [-0.2, 0) is 4.79 Å². The average molecular weight is 418 g/mol. The summed E-state index contributed by atoms with van der Waals surface area (Å²) in [6.45, 7) is 0.351. The molecule has 28 heavy (non-hydrogen) atoms. The van der Waals surface area contributed by atoms with Gasteiger partial charge in [-0.15, -0.1) is 0 Å². The van der Waals surface area contributed by atoms with Crippen LogP contribution in [0.4, 0.5) is 18.9 Å². The summed E-state index contributed by atoms with van der Waals surface area (Å²) < 4.78 is 43.7. The lowest BCUT2D eigenvalue weighted by Gasteiger charge is -2.23. The quantitative estimate of drug-likeness (QED) is 0.408. The lowest BCUT2D eigenvalue weighted by molar-refractivity contribution is -0.116. The molecule has 3 N–H and O–H groups in total. The van der Waals surface area contributed by atoms with E-state index in [1.807, 2.05) is 0 Å². The third kappa shape index (κ3) is 6.15. The van der Waals surface area contributed by atoms with Crippen LogP contribution in [0.3, 0.4) is 0 Å². The van der Waals surface area contributed by atoms with Gasteiger partial charge in [-0.25, -0.2) is 0 Å². The Kier molecular flexibility index (Phi) is 7.74. The Bertz CT molecular complexity index is 763. The van der Waals surface area contributed by atoms with Crippen LogP contribution < -0.4 is 15.4 Å². The molecule has 1 aromatic rings. The van der Waals surface area contributed by atoms with E-state index in [0.717, 1.165) is 6.42 Å². The summed E-state index contributed by atoms with van der Waals surface area (Å²) in [5.74, 6) is 0.238. The van der Waals surface area contributed by atoms with Crippen molar-refractivity contribution in [1.29, 1.82) is 5.41 Å². The van der Waals surface area contributed by atoms with Gasteiger partial charge in [-0.2, -0.15) is 13.2 Å². The number of carbonyl (C=O) groups is 1. The minimum Gasteiger partial charge on any atom is -0.495 e. The molecule has 0 atom stereocenters. The molecule has 0 unspecified atom stereocenters. The molecule has 0 aromatic heterocycles. The van der Waals surface area contributed by atoms with Gasteiger partial charge < -0.3 is 15.4 Å². The van der Waals surface area contributed by atoms with E-state index in [0.29, 0.717) is 48.0 Å². The molecule has 0 spiro atoms. The zero-order chi connectivity index (χ0) is 20.7. The number of allylic oxidation sites excluding steroid dienone is 2. The number of benzene rings is 1. The van der Waals surface area contributed by atoms with E-state index in [1.165, 1.54) is 7.11 Å². The molecule has 9 heteroatoms. The molecule has 2 rings (SSSR count). The average Bonchev–Trinajstić information content (AvgIpc) is 2.64. The van der Waals surface area contributed by atoms with E-state index in [9.17, 15) is 18.0 Å². The molecule has 0 heterocycles. The molecular weight excluding hydrogens is 395 g/mol. The highest BCUT2D eigenvalue weighted by Gasteiger charge is 2.38. The van der Waals surface area contributed by atoms with Crippen molar-refractivity contribution >= 4 is 28.9 Å². The van der Waals surface area contributed by atoms with Gasteiger partial charge in [0.25, 0.3) is 0 Å². The molecule has 1 aliphatic carbocycles. The fourth-order valence-corrected chi connectivity index (χ4v) is 3.20. The smallest absolute Gasteiger partial charge is 0.432 e. The van der Waals surface area contributed by atoms with Crippen molar-refractivity contribution in [3.8, 4) is 5.75 Å². The Balaban J connectivity index is 1.87. The molecule has 0 saturated carbocycles. The van der Waals surface area contributed by atoms with Crippen molar-refractivity contribution in [2.75, 3.05) is 19.0 Å². The lowest BCUT2D eigenvalue weighted by atomic mass is 9.92. The maximum atomic E-state index is 12.8. The normalized spacial score (nSPS) is 14.6. The molecule has 1 aromatic carbocycles. The Labute approximate surface area is 166 Å². The van der Waals surface area contributed by atoms with E-state index in [-0.39, 0.29) is 24.3 Å². The highest BCUT2D eigenvalue weighted by atomic mass is 35.5. The second-order valence-corrected chi connectivity index (χ2v) is 6.90. The number of anilines is 1. The fourth-order valence-electron chi connectivity index (χ4n) is 3.03. The summed E-state index contributed by atoms with van der Waals surface area (Å²) in [5, 5.41) is 13.5. The SMILES string of the molecule is COc1ccc(Cl)cc1NC(=O)CCCNC1=C(C(=N)C(F)(F)F)CCCC1. The van der Waals surface area contributed by atoms with E-state index in [2.05, 4.69) is 10.6 Å². The van der Waals surface area contributed by atoms with E-state index in [4.69, 9.17) is 21.7 Å². The van der Waals surface area contributed by atoms with Crippen LogP contribution in [0.25, 0.3) is 0 Å². The second-order valence-electron chi connectivity index (χ2n) is 6.46. The van der Waals surface area contributed by atoms with Gasteiger partial charge in [0.1, 0.15) is 11.5 Å². The summed E-state index contributed by atoms with van der Waals surface area (Å²) in [6, 6.07) is 4.87. The van der Waals surface area contributed by atoms with E-state index in [1.54, 1.807) is 18.2 Å². The van der Waals surface area contributed by atoms with Crippen LogP contribution >= 0.6 is 11.6 Å². The van der Waals surface area contributed by atoms with Gasteiger partial charge in [-0.1, -0.05) is 11.6 Å². The van der Waals surface area contributed by atoms with Crippen LogP contribution in [0.2, 0.25) is 5.02 Å². The number of hydrogen-bond acceptors (Lipinski definition) is 4. The van der Waals surface area contributed by atoms with Crippen molar-refractivity contribution in [2.45, 2.75) is 44.7 Å². The molecule has 154 valence electrons. The zero-order valence-corrected chi connectivity index (χ0v) is 16.3. The fraction of sp³-hybridized carbons (Fsp3) is 0.474.